The summed E-state index contributed by atoms with van der Waals surface area (Å²) in [6.07, 6.45) is -3.46. The summed E-state index contributed by atoms with van der Waals surface area (Å²) in [6, 6.07) is 13.7. The van der Waals surface area contributed by atoms with E-state index in [1.807, 2.05) is 6.07 Å². The smallest absolute Gasteiger partial charge is 0.338 e. The van der Waals surface area contributed by atoms with E-state index in [1.165, 1.54) is 23.1 Å². The average molecular weight is 376 g/mol. The van der Waals surface area contributed by atoms with Crippen molar-refractivity contribution in [3.8, 4) is 0 Å². The highest BCUT2D eigenvalue weighted by Crippen LogP contribution is 2.33. The van der Waals surface area contributed by atoms with Crippen molar-refractivity contribution in [2.75, 3.05) is 18.4 Å². The quantitative estimate of drug-likeness (QED) is 0.873. The third-order valence-corrected chi connectivity index (χ3v) is 4.58. The van der Waals surface area contributed by atoms with Gasteiger partial charge in [-0.2, -0.15) is 13.2 Å². The van der Waals surface area contributed by atoms with Crippen LogP contribution in [0, 0.1) is 5.92 Å². The number of nitrogens with one attached hydrogen (secondary N) is 1. The molecule has 1 atom stereocenters. The van der Waals surface area contributed by atoms with Crippen molar-refractivity contribution in [3.63, 3.8) is 0 Å². The molecule has 1 fully saturated rings. The Morgan fingerprint density at radius 2 is 1.67 bits per heavy atom. The van der Waals surface area contributed by atoms with E-state index in [0.29, 0.717) is 25.1 Å². The number of anilines is 1. The highest BCUT2D eigenvalue weighted by molar-refractivity contribution is 5.97. The number of rotatable bonds is 3. The van der Waals surface area contributed by atoms with Gasteiger partial charge in [0.25, 0.3) is 5.91 Å². The third-order valence-electron chi connectivity index (χ3n) is 4.58. The molecular weight excluding hydrogens is 357 g/mol. The third kappa shape index (κ3) is 4.48. The first-order valence-corrected chi connectivity index (χ1v) is 8.67. The molecule has 1 aliphatic heterocycles. The number of benzene rings is 2. The van der Waals surface area contributed by atoms with Crippen LogP contribution in [0.3, 0.4) is 0 Å². The van der Waals surface area contributed by atoms with Gasteiger partial charge < -0.3 is 10.2 Å². The normalized spacial score (nSPS) is 17.4. The maximum absolute atomic E-state index is 13.2. The van der Waals surface area contributed by atoms with Crippen LogP contribution in [0.2, 0.25) is 0 Å². The van der Waals surface area contributed by atoms with Crippen LogP contribution in [0.25, 0.3) is 0 Å². The SMILES string of the molecule is O=C(Nc1ccccc1)[C@H]1CCCN(C(=O)c2ccccc2C(F)(F)F)C1. The zero-order valence-corrected chi connectivity index (χ0v) is 14.5. The van der Waals surface area contributed by atoms with Crippen LogP contribution in [-0.2, 0) is 11.0 Å². The Labute approximate surface area is 155 Å². The highest BCUT2D eigenvalue weighted by Gasteiger charge is 2.37. The second-order valence-electron chi connectivity index (χ2n) is 6.49. The lowest BCUT2D eigenvalue weighted by atomic mass is 9.95. The van der Waals surface area contributed by atoms with Crippen molar-refractivity contribution >= 4 is 17.5 Å². The largest absolute Gasteiger partial charge is 0.417 e. The van der Waals surface area contributed by atoms with Crippen molar-refractivity contribution in [2.45, 2.75) is 19.0 Å². The average Bonchev–Trinajstić information content (AvgIpc) is 2.67. The molecule has 1 aliphatic rings. The Hall–Kier alpha value is -2.83. The van der Waals surface area contributed by atoms with Crippen molar-refractivity contribution in [3.05, 3.63) is 65.7 Å². The van der Waals surface area contributed by atoms with Crippen LogP contribution in [0.5, 0.6) is 0 Å². The van der Waals surface area contributed by atoms with Gasteiger partial charge in [-0.1, -0.05) is 30.3 Å². The number of carbonyl (C=O) groups excluding carboxylic acids is 2. The number of carbonyl (C=O) groups is 2. The van der Waals surface area contributed by atoms with Gasteiger partial charge in [0.05, 0.1) is 17.0 Å². The minimum Gasteiger partial charge on any atom is -0.338 e. The predicted octanol–water partition coefficient (Wildman–Crippen LogP) is 4.20. The van der Waals surface area contributed by atoms with E-state index in [4.69, 9.17) is 0 Å². The Morgan fingerprint density at radius 3 is 2.37 bits per heavy atom. The van der Waals surface area contributed by atoms with Gasteiger partial charge in [0.2, 0.25) is 5.91 Å². The molecule has 7 heteroatoms. The van der Waals surface area contributed by atoms with Crippen LogP contribution in [0.1, 0.15) is 28.8 Å². The summed E-state index contributed by atoms with van der Waals surface area (Å²) in [5, 5.41) is 2.79. The minimum absolute atomic E-state index is 0.101. The molecule has 1 saturated heterocycles. The molecular formula is C20H19F3N2O2. The summed E-state index contributed by atoms with van der Waals surface area (Å²) in [6.45, 7) is 0.434. The van der Waals surface area contributed by atoms with Gasteiger partial charge in [-0.25, -0.2) is 0 Å². The molecule has 1 N–H and O–H groups in total. The van der Waals surface area contributed by atoms with Crippen molar-refractivity contribution in [1.29, 1.82) is 0 Å². The van der Waals surface area contributed by atoms with Crippen molar-refractivity contribution < 1.29 is 22.8 Å². The Bertz CT molecular complexity index is 821. The van der Waals surface area contributed by atoms with E-state index in [9.17, 15) is 22.8 Å². The van der Waals surface area contributed by atoms with Gasteiger partial charge in [0, 0.05) is 18.8 Å². The molecule has 0 saturated carbocycles. The summed E-state index contributed by atoms with van der Waals surface area (Å²) in [5.74, 6) is -1.39. The standard InChI is InChI=1S/C20H19F3N2O2/c21-20(22,23)17-11-5-4-10-16(17)19(27)25-12-6-7-14(13-25)18(26)24-15-8-2-1-3-9-15/h1-5,8-11,14H,6-7,12-13H2,(H,24,26)/t14-/m0/s1. The maximum Gasteiger partial charge on any atom is 0.417 e. The van der Waals surface area contributed by atoms with Crippen molar-refractivity contribution in [2.24, 2.45) is 5.92 Å². The number of para-hydroxylation sites is 1. The number of nitrogens with zero attached hydrogens (tertiary/aromatic N) is 1. The van der Waals surface area contributed by atoms with E-state index in [1.54, 1.807) is 24.3 Å². The zero-order valence-electron chi connectivity index (χ0n) is 14.5. The summed E-state index contributed by atoms with van der Waals surface area (Å²) in [5.41, 5.74) is -0.687. The second kappa shape index (κ2) is 7.82. The molecule has 3 rings (SSSR count). The lowest BCUT2D eigenvalue weighted by Crippen LogP contribution is -2.44. The molecule has 2 aromatic rings. The zero-order chi connectivity index (χ0) is 19.4. The van der Waals surface area contributed by atoms with Crippen LogP contribution in [0.4, 0.5) is 18.9 Å². The molecule has 0 aromatic heterocycles. The molecule has 0 radical (unpaired) electrons. The van der Waals surface area contributed by atoms with E-state index in [-0.39, 0.29) is 18.0 Å². The summed E-state index contributed by atoms with van der Waals surface area (Å²) in [7, 11) is 0. The van der Waals surface area contributed by atoms with E-state index in [0.717, 1.165) is 6.07 Å². The van der Waals surface area contributed by atoms with E-state index < -0.39 is 23.6 Å². The fraction of sp³-hybridized carbons (Fsp3) is 0.300. The van der Waals surface area contributed by atoms with Gasteiger partial charge in [-0.3, -0.25) is 9.59 Å². The highest BCUT2D eigenvalue weighted by atomic mass is 19.4. The Morgan fingerprint density at radius 1 is 1.00 bits per heavy atom. The van der Waals surface area contributed by atoms with Gasteiger partial charge in [-0.05, 0) is 37.1 Å². The number of amides is 2. The molecule has 4 nitrogen and oxygen atoms in total. The van der Waals surface area contributed by atoms with Crippen molar-refractivity contribution in [1.82, 2.24) is 4.90 Å². The fourth-order valence-electron chi connectivity index (χ4n) is 3.23. The summed E-state index contributed by atoms with van der Waals surface area (Å²) >= 11 is 0. The molecule has 27 heavy (non-hydrogen) atoms. The maximum atomic E-state index is 13.2. The van der Waals surface area contributed by atoms with E-state index >= 15 is 0 Å². The fourth-order valence-corrected chi connectivity index (χ4v) is 3.23. The Balaban J connectivity index is 1.73. The summed E-state index contributed by atoms with van der Waals surface area (Å²) in [4.78, 5) is 26.5. The molecule has 142 valence electrons. The first-order valence-electron chi connectivity index (χ1n) is 8.67. The van der Waals surface area contributed by atoms with Gasteiger partial charge in [0.15, 0.2) is 0 Å². The number of likely N-dealkylation sites (tertiary alicyclic amines) is 1. The van der Waals surface area contributed by atoms with Crippen LogP contribution in [0.15, 0.2) is 54.6 Å². The monoisotopic (exact) mass is 376 g/mol. The first kappa shape index (κ1) is 18.9. The molecule has 1 heterocycles. The number of hydrogen-bond donors (Lipinski definition) is 1. The number of piperidine rings is 1. The molecule has 2 amide bonds. The van der Waals surface area contributed by atoms with Crippen LogP contribution >= 0.6 is 0 Å². The molecule has 0 unspecified atom stereocenters. The lowest BCUT2D eigenvalue weighted by molar-refractivity contribution is -0.138. The van der Waals surface area contributed by atoms with Gasteiger partial charge in [-0.15, -0.1) is 0 Å². The second-order valence-corrected chi connectivity index (χ2v) is 6.49. The first-order chi connectivity index (χ1) is 12.9. The van der Waals surface area contributed by atoms with Crippen LogP contribution < -0.4 is 5.32 Å². The van der Waals surface area contributed by atoms with Crippen LogP contribution in [-0.4, -0.2) is 29.8 Å². The molecule has 2 aromatic carbocycles. The molecule has 0 spiro atoms. The number of halogens is 3. The number of hydrogen-bond acceptors (Lipinski definition) is 2. The van der Waals surface area contributed by atoms with E-state index in [2.05, 4.69) is 5.32 Å². The molecule has 0 aliphatic carbocycles. The topological polar surface area (TPSA) is 49.4 Å². The van der Waals surface area contributed by atoms with Gasteiger partial charge in [0.1, 0.15) is 0 Å². The summed E-state index contributed by atoms with van der Waals surface area (Å²) < 4.78 is 39.6. The predicted molar refractivity (Wildman–Crippen MR) is 95.1 cm³/mol. The van der Waals surface area contributed by atoms with Gasteiger partial charge >= 0.3 is 6.18 Å². The number of alkyl halides is 3. The molecule has 0 bridgehead atoms. The lowest BCUT2D eigenvalue weighted by Gasteiger charge is -2.32. The minimum atomic E-state index is -4.61. The Kier molecular flexibility index (Phi) is 5.48.